The molecule has 0 aromatic carbocycles. The number of nitrogens with one attached hydrogen (secondary N) is 1. The lowest BCUT2D eigenvalue weighted by atomic mass is 9.79. The molecule has 0 amide bonds. The summed E-state index contributed by atoms with van der Waals surface area (Å²) >= 11 is 0. The van der Waals surface area contributed by atoms with Crippen molar-refractivity contribution in [3.8, 4) is 0 Å². The molecule has 0 aliphatic heterocycles. The van der Waals surface area contributed by atoms with E-state index in [0.29, 0.717) is 0 Å². The SMILES string of the molecule is CC1CCC(CNC2CCC2C)CC1. The highest BCUT2D eigenvalue weighted by Gasteiger charge is 2.27. The molecule has 0 aromatic heterocycles. The molecule has 0 aromatic rings. The van der Waals surface area contributed by atoms with Crippen molar-refractivity contribution in [3.05, 3.63) is 0 Å². The molecule has 0 bridgehead atoms. The third kappa shape index (κ3) is 2.50. The first kappa shape index (κ1) is 10.5. The quantitative estimate of drug-likeness (QED) is 0.729. The topological polar surface area (TPSA) is 12.0 Å². The second-order valence-electron chi connectivity index (χ2n) is 5.70. The maximum Gasteiger partial charge on any atom is 0.00929 e. The van der Waals surface area contributed by atoms with Gasteiger partial charge in [0.1, 0.15) is 0 Å². The minimum absolute atomic E-state index is 0.856. The Morgan fingerprint density at radius 2 is 1.64 bits per heavy atom. The van der Waals surface area contributed by atoms with Gasteiger partial charge in [-0.05, 0) is 50.0 Å². The molecule has 1 heteroatoms. The fraction of sp³-hybridized carbons (Fsp3) is 1.00. The summed E-state index contributed by atoms with van der Waals surface area (Å²) in [7, 11) is 0. The van der Waals surface area contributed by atoms with Gasteiger partial charge in [0.05, 0.1) is 0 Å². The minimum atomic E-state index is 0.856. The van der Waals surface area contributed by atoms with Gasteiger partial charge in [0.25, 0.3) is 0 Å². The molecule has 2 aliphatic carbocycles. The predicted octanol–water partition coefficient (Wildman–Crippen LogP) is 3.20. The maximum absolute atomic E-state index is 3.75. The van der Waals surface area contributed by atoms with E-state index in [1.807, 2.05) is 0 Å². The Labute approximate surface area is 88.7 Å². The largest absolute Gasteiger partial charge is 0.313 e. The summed E-state index contributed by atoms with van der Waals surface area (Å²) in [6.45, 7) is 6.07. The van der Waals surface area contributed by atoms with Gasteiger partial charge in [0.2, 0.25) is 0 Å². The van der Waals surface area contributed by atoms with E-state index in [0.717, 1.165) is 23.8 Å². The van der Waals surface area contributed by atoms with Crippen LogP contribution in [0.3, 0.4) is 0 Å². The summed E-state index contributed by atoms with van der Waals surface area (Å²) in [5, 5.41) is 3.75. The van der Waals surface area contributed by atoms with Crippen molar-refractivity contribution in [1.82, 2.24) is 5.32 Å². The summed E-state index contributed by atoms with van der Waals surface area (Å²) in [5.41, 5.74) is 0. The molecule has 2 saturated carbocycles. The number of rotatable bonds is 3. The van der Waals surface area contributed by atoms with Crippen LogP contribution in [0.25, 0.3) is 0 Å². The van der Waals surface area contributed by atoms with Crippen molar-refractivity contribution in [2.24, 2.45) is 17.8 Å². The van der Waals surface area contributed by atoms with Crippen molar-refractivity contribution in [2.45, 2.75) is 58.4 Å². The van der Waals surface area contributed by atoms with Crippen LogP contribution in [0.5, 0.6) is 0 Å². The van der Waals surface area contributed by atoms with Crippen LogP contribution in [0.2, 0.25) is 0 Å². The molecule has 2 rings (SSSR count). The lowest BCUT2D eigenvalue weighted by Crippen LogP contribution is -2.44. The molecule has 0 radical (unpaired) electrons. The summed E-state index contributed by atoms with van der Waals surface area (Å²) in [4.78, 5) is 0. The van der Waals surface area contributed by atoms with Crippen LogP contribution in [0.1, 0.15) is 52.4 Å². The Morgan fingerprint density at radius 3 is 2.14 bits per heavy atom. The molecule has 1 nitrogen and oxygen atoms in total. The maximum atomic E-state index is 3.75. The van der Waals surface area contributed by atoms with E-state index in [-0.39, 0.29) is 0 Å². The van der Waals surface area contributed by atoms with Crippen molar-refractivity contribution in [1.29, 1.82) is 0 Å². The van der Waals surface area contributed by atoms with Gasteiger partial charge in [-0.1, -0.05) is 26.7 Å². The van der Waals surface area contributed by atoms with E-state index in [9.17, 15) is 0 Å². The standard InChI is InChI=1S/C13H25N/c1-10-3-6-12(7-4-10)9-14-13-8-5-11(13)2/h10-14H,3-9H2,1-2H3. The first-order valence-corrected chi connectivity index (χ1v) is 6.49. The van der Waals surface area contributed by atoms with E-state index in [2.05, 4.69) is 19.2 Å². The highest BCUT2D eigenvalue weighted by atomic mass is 14.9. The zero-order chi connectivity index (χ0) is 9.97. The molecule has 2 atom stereocenters. The molecule has 2 unspecified atom stereocenters. The van der Waals surface area contributed by atoms with E-state index in [4.69, 9.17) is 0 Å². The second-order valence-corrected chi connectivity index (χ2v) is 5.70. The normalized spacial score (nSPS) is 43.3. The molecule has 1 N–H and O–H groups in total. The van der Waals surface area contributed by atoms with Gasteiger partial charge in [-0.3, -0.25) is 0 Å². The highest BCUT2D eigenvalue weighted by Crippen LogP contribution is 2.30. The Morgan fingerprint density at radius 1 is 0.929 bits per heavy atom. The van der Waals surface area contributed by atoms with Crippen molar-refractivity contribution >= 4 is 0 Å². The van der Waals surface area contributed by atoms with Gasteiger partial charge >= 0.3 is 0 Å². The lowest BCUT2D eigenvalue weighted by molar-refractivity contribution is 0.201. The van der Waals surface area contributed by atoms with Gasteiger partial charge in [-0.25, -0.2) is 0 Å². The van der Waals surface area contributed by atoms with E-state index >= 15 is 0 Å². The lowest BCUT2D eigenvalue weighted by Gasteiger charge is -2.36. The monoisotopic (exact) mass is 195 g/mol. The Bertz CT molecular complexity index is 170. The summed E-state index contributed by atoms with van der Waals surface area (Å²) in [5.74, 6) is 2.92. The zero-order valence-corrected chi connectivity index (χ0v) is 9.76. The Kier molecular flexibility index (Phi) is 3.48. The predicted molar refractivity (Wildman–Crippen MR) is 61.3 cm³/mol. The van der Waals surface area contributed by atoms with Gasteiger partial charge in [-0.2, -0.15) is 0 Å². The summed E-state index contributed by atoms with van der Waals surface area (Å²) in [6.07, 6.45) is 8.73. The molecule has 0 heterocycles. The fourth-order valence-corrected chi connectivity index (χ4v) is 2.82. The van der Waals surface area contributed by atoms with Crippen LogP contribution >= 0.6 is 0 Å². The molecular formula is C13H25N. The minimum Gasteiger partial charge on any atom is -0.313 e. The van der Waals surface area contributed by atoms with Crippen LogP contribution in [-0.2, 0) is 0 Å². The van der Waals surface area contributed by atoms with Crippen molar-refractivity contribution in [2.75, 3.05) is 6.54 Å². The van der Waals surface area contributed by atoms with Gasteiger partial charge < -0.3 is 5.32 Å². The first-order valence-electron chi connectivity index (χ1n) is 6.49. The number of hydrogen-bond acceptors (Lipinski definition) is 1. The zero-order valence-electron chi connectivity index (χ0n) is 9.76. The van der Waals surface area contributed by atoms with Crippen molar-refractivity contribution in [3.63, 3.8) is 0 Å². The third-order valence-electron chi connectivity index (χ3n) is 4.42. The molecule has 0 spiro atoms. The Balaban J connectivity index is 1.61. The fourth-order valence-electron chi connectivity index (χ4n) is 2.82. The molecule has 2 aliphatic rings. The van der Waals surface area contributed by atoms with E-state index in [1.165, 1.54) is 45.1 Å². The van der Waals surface area contributed by atoms with E-state index < -0.39 is 0 Å². The third-order valence-corrected chi connectivity index (χ3v) is 4.42. The average Bonchev–Trinajstić information content (AvgIpc) is 2.19. The van der Waals surface area contributed by atoms with Gasteiger partial charge in [0, 0.05) is 6.04 Å². The average molecular weight is 195 g/mol. The molecular weight excluding hydrogens is 170 g/mol. The van der Waals surface area contributed by atoms with Crippen LogP contribution in [-0.4, -0.2) is 12.6 Å². The first-order chi connectivity index (χ1) is 6.75. The van der Waals surface area contributed by atoms with Crippen LogP contribution in [0.4, 0.5) is 0 Å². The van der Waals surface area contributed by atoms with Gasteiger partial charge in [0.15, 0.2) is 0 Å². The molecule has 82 valence electrons. The molecule has 14 heavy (non-hydrogen) atoms. The van der Waals surface area contributed by atoms with E-state index in [1.54, 1.807) is 0 Å². The van der Waals surface area contributed by atoms with Gasteiger partial charge in [-0.15, -0.1) is 0 Å². The number of hydrogen-bond donors (Lipinski definition) is 1. The van der Waals surface area contributed by atoms with Crippen LogP contribution in [0.15, 0.2) is 0 Å². The smallest absolute Gasteiger partial charge is 0.00929 e. The summed E-state index contributed by atoms with van der Waals surface area (Å²) < 4.78 is 0. The molecule has 2 fully saturated rings. The Hall–Kier alpha value is -0.0400. The molecule has 0 saturated heterocycles. The second kappa shape index (κ2) is 4.65. The van der Waals surface area contributed by atoms with Crippen molar-refractivity contribution < 1.29 is 0 Å². The van der Waals surface area contributed by atoms with Crippen LogP contribution < -0.4 is 5.32 Å². The van der Waals surface area contributed by atoms with Crippen LogP contribution in [0, 0.1) is 17.8 Å². The highest BCUT2D eigenvalue weighted by molar-refractivity contribution is 4.84. The summed E-state index contributed by atoms with van der Waals surface area (Å²) in [6, 6.07) is 0.856.